The van der Waals surface area contributed by atoms with Crippen molar-refractivity contribution >= 4 is 17.6 Å². The van der Waals surface area contributed by atoms with Crippen LogP contribution in [0.3, 0.4) is 0 Å². The van der Waals surface area contributed by atoms with Gasteiger partial charge in [0.1, 0.15) is 5.82 Å². The largest absolute Gasteiger partial charge is 0.335 e. The lowest BCUT2D eigenvalue weighted by Crippen LogP contribution is -2.40. The standard InChI is InChI=1S/C18H19N3O2/c1-13(22)21-11-9-14-6-2-3-7-15(14)16(21)12-18(23)20-17-8-4-5-10-19-17/h2-8,10,16H,9,11-12H2,1H3,(H,19,20,23)/t16-/m0/s1. The summed E-state index contributed by atoms with van der Waals surface area (Å²) in [6, 6.07) is 13.2. The van der Waals surface area contributed by atoms with Gasteiger partial charge in [0.05, 0.1) is 12.5 Å². The van der Waals surface area contributed by atoms with Crippen molar-refractivity contribution in [1.82, 2.24) is 9.88 Å². The third kappa shape index (κ3) is 3.39. The van der Waals surface area contributed by atoms with Gasteiger partial charge in [0.25, 0.3) is 0 Å². The number of anilines is 1. The van der Waals surface area contributed by atoms with Gasteiger partial charge in [-0.15, -0.1) is 0 Å². The maximum atomic E-state index is 12.4. The van der Waals surface area contributed by atoms with E-state index in [4.69, 9.17) is 0 Å². The Morgan fingerprint density at radius 1 is 1.22 bits per heavy atom. The normalized spacial score (nSPS) is 16.6. The van der Waals surface area contributed by atoms with Gasteiger partial charge >= 0.3 is 0 Å². The van der Waals surface area contributed by atoms with Gasteiger partial charge < -0.3 is 10.2 Å². The van der Waals surface area contributed by atoms with Gasteiger partial charge in [-0.3, -0.25) is 9.59 Å². The summed E-state index contributed by atoms with van der Waals surface area (Å²) in [6.45, 7) is 2.20. The number of carbonyl (C=O) groups is 2. The highest BCUT2D eigenvalue weighted by molar-refractivity contribution is 5.90. The first-order valence-electron chi connectivity index (χ1n) is 7.71. The van der Waals surface area contributed by atoms with E-state index in [0.717, 1.165) is 12.0 Å². The molecular formula is C18H19N3O2. The second-order valence-corrected chi connectivity index (χ2v) is 5.64. The summed E-state index contributed by atoms with van der Waals surface area (Å²) < 4.78 is 0. The van der Waals surface area contributed by atoms with E-state index in [1.54, 1.807) is 30.2 Å². The number of hydrogen-bond acceptors (Lipinski definition) is 3. The molecule has 0 radical (unpaired) electrons. The highest BCUT2D eigenvalue weighted by atomic mass is 16.2. The Kier molecular flexibility index (Phi) is 4.37. The Balaban J connectivity index is 1.80. The highest BCUT2D eigenvalue weighted by Gasteiger charge is 2.30. The summed E-state index contributed by atoms with van der Waals surface area (Å²) in [5, 5.41) is 2.79. The lowest BCUT2D eigenvalue weighted by atomic mass is 9.90. The molecule has 1 aliphatic rings. The Morgan fingerprint density at radius 2 is 2.00 bits per heavy atom. The first-order chi connectivity index (χ1) is 11.1. The molecule has 2 amide bonds. The molecule has 0 fully saturated rings. The molecule has 1 aromatic heterocycles. The monoisotopic (exact) mass is 309 g/mol. The predicted molar refractivity (Wildman–Crippen MR) is 87.8 cm³/mol. The van der Waals surface area contributed by atoms with Gasteiger partial charge in [-0.2, -0.15) is 0 Å². The third-order valence-corrected chi connectivity index (χ3v) is 4.13. The van der Waals surface area contributed by atoms with Gasteiger partial charge in [-0.25, -0.2) is 4.98 Å². The molecule has 118 valence electrons. The van der Waals surface area contributed by atoms with Gasteiger partial charge in [-0.05, 0) is 29.7 Å². The van der Waals surface area contributed by atoms with E-state index in [9.17, 15) is 9.59 Å². The average Bonchev–Trinajstić information content (AvgIpc) is 2.55. The van der Waals surface area contributed by atoms with Crippen LogP contribution in [0.15, 0.2) is 48.7 Å². The molecule has 5 heteroatoms. The Labute approximate surface area is 135 Å². The molecule has 1 atom stereocenters. The molecular weight excluding hydrogens is 290 g/mol. The van der Waals surface area contributed by atoms with Crippen LogP contribution in [-0.4, -0.2) is 28.2 Å². The van der Waals surface area contributed by atoms with Crippen molar-refractivity contribution in [2.75, 3.05) is 11.9 Å². The minimum atomic E-state index is -0.221. The van der Waals surface area contributed by atoms with Crippen LogP contribution in [0.1, 0.15) is 30.5 Å². The molecule has 0 aliphatic carbocycles. The molecule has 0 bridgehead atoms. The van der Waals surface area contributed by atoms with E-state index >= 15 is 0 Å². The van der Waals surface area contributed by atoms with Gasteiger partial charge in [-0.1, -0.05) is 30.3 Å². The number of pyridine rings is 1. The lowest BCUT2D eigenvalue weighted by molar-refractivity contribution is -0.132. The molecule has 23 heavy (non-hydrogen) atoms. The molecule has 0 saturated carbocycles. The Bertz CT molecular complexity index is 715. The van der Waals surface area contributed by atoms with Crippen LogP contribution in [0.4, 0.5) is 5.82 Å². The number of amides is 2. The molecule has 3 rings (SSSR count). The number of carbonyl (C=O) groups excluding carboxylic acids is 2. The van der Waals surface area contributed by atoms with Crippen LogP contribution in [0.5, 0.6) is 0 Å². The average molecular weight is 309 g/mol. The minimum absolute atomic E-state index is 0.00450. The van der Waals surface area contributed by atoms with Crippen LogP contribution in [-0.2, 0) is 16.0 Å². The number of nitrogens with zero attached hydrogens (tertiary/aromatic N) is 2. The maximum Gasteiger partial charge on any atom is 0.227 e. The zero-order valence-electron chi connectivity index (χ0n) is 13.0. The zero-order valence-corrected chi connectivity index (χ0v) is 13.0. The van der Waals surface area contributed by atoms with Crippen molar-refractivity contribution in [2.24, 2.45) is 0 Å². The minimum Gasteiger partial charge on any atom is -0.335 e. The van der Waals surface area contributed by atoms with E-state index in [1.807, 2.05) is 24.3 Å². The fourth-order valence-corrected chi connectivity index (χ4v) is 3.05. The number of rotatable bonds is 3. The summed E-state index contributed by atoms with van der Waals surface area (Å²) in [7, 11) is 0. The van der Waals surface area contributed by atoms with Crippen LogP contribution in [0.2, 0.25) is 0 Å². The van der Waals surface area contributed by atoms with E-state index < -0.39 is 0 Å². The predicted octanol–water partition coefficient (Wildman–Crippen LogP) is 2.56. The van der Waals surface area contributed by atoms with E-state index in [-0.39, 0.29) is 24.3 Å². The van der Waals surface area contributed by atoms with Crippen molar-refractivity contribution in [1.29, 1.82) is 0 Å². The molecule has 0 unspecified atom stereocenters. The smallest absolute Gasteiger partial charge is 0.227 e. The highest BCUT2D eigenvalue weighted by Crippen LogP contribution is 2.32. The SMILES string of the molecule is CC(=O)N1CCc2ccccc2[C@@H]1CC(=O)Nc1ccccn1. The van der Waals surface area contributed by atoms with Gasteiger partial charge in [0.15, 0.2) is 0 Å². The summed E-state index contributed by atoms with van der Waals surface area (Å²) in [5.41, 5.74) is 2.27. The van der Waals surface area contributed by atoms with E-state index in [0.29, 0.717) is 12.4 Å². The fourth-order valence-electron chi connectivity index (χ4n) is 3.05. The number of nitrogens with one attached hydrogen (secondary N) is 1. The topological polar surface area (TPSA) is 62.3 Å². The molecule has 0 spiro atoms. The number of hydrogen-bond donors (Lipinski definition) is 1. The summed E-state index contributed by atoms with van der Waals surface area (Å²) in [4.78, 5) is 30.2. The Morgan fingerprint density at radius 3 is 2.74 bits per heavy atom. The molecule has 2 heterocycles. The lowest BCUT2D eigenvalue weighted by Gasteiger charge is -2.36. The third-order valence-electron chi connectivity index (χ3n) is 4.13. The van der Waals surface area contributed by atoms with Crippen molar-refractivity contribution < 1.29 is 9.59 Å². The van der Waals surface area contributed by atoms with Crippen LogP contribution >= 0.6 is 0 Å². The maximum absolute atomic E-state index is 12.4. The van der Waals surface area contributed by atoms with Crippen molar-refractivity contribution in [2.45, 2.75) is 25.8 Å². The second kappa shape index (κ2) is 6.60. The molecule has 1 aliphatic heterocycles. The molecule has 0 saturated heterocycles. The van der Waals surface area contributed by atoms with E-state index in [1.165, 1.54) is 5.56 Å². The fraction of sp³-hybridized carbons (Fsp3) is 0.278. The van der Waals surface area contributed by atoms with Gasteiger partial charge in [0.2, 0.25) is 11.8 Å². The summed E-state index contributed by atoms with van der Waals surface area (Å²) >= 11 is 0. The Hall–Kier alpha value is -2.69. The van der Waals surface area contributed by atoms with Crippen molar-refractivity contribution in [3.05, 3.63) is 59.8 Å². The van der Waals surface area contributed by atoms with Crippen LogP contribution in [0.25, 0.3) is 0 Å². The zero-order chi connectivity index (χ0) is 16.2. The number of aromatic nitrogens is 1. The summed E-state index contributed by atoms with van der Waals surface area (Å²) in [5.74, 6) is 0.378. The molecule has 1 N–H and O–H groups in total. The molecule has 5 nitrogen and oxygen atoms in total. The summed E-state index contributed by atoms with van der Waals surface area (Å²) in [6.07, 6.45) is 2.69. The molecule has 2 aromatic rings. The first kappa shape index (κ1) is 15.2. The number of benzene rings is 1. The van der Waals surface area contributed by atoms with Crippen molar-refractivity contribution in [3.8, 4) is 0 Å². The first-order valence-corrected chi connectivity index (χ1v) is 7.71. The second-order valence-electron chi connectivity index (χ2n) is 5.64. The number of fused-ring (bicyclic) bond motifs is 1. The van der Waals surface area contributed by atoms with Crippen LogP contribution in [0, 0.1) is 0 Å². The van der Waals surface area contributed by atoms with E-state index in [2.05, 4.69) is 16.4 Å². The van der Waals surface area contributed by atoms with Crippen molar-refractivity contribution in [3.63, 3.8) is 0 Å². The quantitative estimate of drug-likeness (QED) is 0.948. The molecule has 1 aromatic carbocycles. The van der Waals surface area contributed by atoms with Gasteiger partial charge in [0, 0.05) is 19.7 Å². The van der Waals surface area contributed by atoms with Crippen LogP contribution < -0.4 is 5.32 Å².